The Bertz CT molecular complexity index is 454. The third kappa shape index (κ3) is 2.03. The number of aliphatic hydroxyl groups is 2. The van der Waals surface area contributed by atoms with Crippen molar-refractivity contribution in [3.05, 3.63) is 12.3 Å². The van der Waals surface area contributed by atoms with E-state index in [0.29, 0.717) is 4.90 Å². The highest BCUT2D eigenvalue weighted by Crippen LogP contribution is 2.44. The molecule has 2 aliphatic rings. The Morgan fingerprint density at radius 2 is 2.05 bits per heavy atom. The lowest BCUT2D eigenvalue weighted by molar-refractivity contribution is -0.213. The smallest absolute Gasteiger partial charge is 0.323 e. The van der Waals surface area contributed by atoms with E-state index in [4.69, 9.17) is 5.11 Å². The zero-order valence-corrected chi connectivity index (χ0v) is 9.42. The van der Waals surface area contributed by atoms with Crippen molar-refractivity contribution in [2.24, 2.45) is 0 Å². The van der Waals surface area contributed by atoms with Gasteiger partial charge in [0.25, 0.3) is 5.85 Å². The molecule has 1 amide bonds. The molecule has 0 aromatic heterocycles. The van der Waals surface area contributed by atoms with Gasteiger partial charge in [-0.2, -0.15) is 8.78 Å². The Labute approximate surface area is 105 Å². The molecule has 0 radical (unpaired) electrons. The molecule has 0 spiro atoms. The first kappa shape index (κ1) is 14.0. The van der Waals surface area contributed by atoms with Gasteiger partial charge in [0.15, 0.2) is 11.9 Å². The van der Waals surface area contributed by atoms with Crippen molar-refractivity contribution in [1.82, 2.24) is 4.90 Å². The summed E-state index contributed by atoms with van der Waals surface area (Å²) in [4.78, 5) is 22.7. The van der Waals surface area contributed by atoms with Gasteiger partial charge in [0.05, 0.1) is 6.42 Å². The fourth-order valence-corrected chi connectivity index (χ4v) is 1.87. The standard InChI is InChI=1S/C10H10F3NO5/c11-9(4-15)7(18)10(12,13)8(19-9)14-2-1-5(16)3-6(14)17/h1-2,7-8,15,18H,3-4H2/t7-,8-,9-/m1/s1. The van der Waals surface area contributed by atoms with E-state index < -0.39 is 48.8 Å². The normalized spacial score (nSPS) is 38.1. The van der Waals surface area contributed by atoms with Crippen molar-refractivity contribution in [2.45, 2.75) is 30.5 Å². The van der Waals surface area contributed by atoms with Crippen LogP contribution in [0.5, 0.6) is 0 Å². The Morgan fingerprint density at radius 3 is 2.53 bits per heavy atom. The molecule has 0 bridgehead atoms. The van der Waals surface area contributed by atoms with Gasteiger partial charge in [-0.15, -0.1) is 0 Å². The molecule has 1 fully saturated rings. The molecule has 0 aliphatic carbocycles. The molecule has 6 nitrogen and oxygen atoms in total. The minimum Gasteiger partial charge on any atom is -0.390 e. The second-order valence-electron chi connectivity index (χ2n) is 4.25. The van der Waals surface area contributed by atoms with Gasteiger partial charge >= 0.3 is 5.92 Å². The first-order chi connectivity index (χ1) is 8.72. The number of rotatable bonds is 2. The number of halogens is 3. The number of carbonyl (C=O) groups excluding carboxylic acids is 2. The number of ether oxygens (including phenoxy) is 1. The zero-order valence-electron chi connectivity index (χ0n) is 9.42. The molecule has 19 heavy (non-hydrogen) atoms. The Kier molecular flexibility index (Phi) is 3.15. The molecular weight excluding hydrogens is 271 g/mol. The van der Waals surface area contributed by atoms with E-state index in [0.717, 1.165) is 12.3 Å². The Hall–Kier alpha value is -1.45. The van der Waals surface area contributed by atoms with Crippen molar-refractivity contribution in [3.63, 3.8) is 0 Å². The third-order valence-electron chi connectivity index (χ3n) is 2.91. The van der Waals surface area contributed by atoms with E-state index in [9.17, 15) is 27.9 Å². The van der Waals surface area contributed by atoms with E-state index in [2.05, 4.69) is 4.74 Å². The first-order valence-electron chi connectivity index (χ1n) is 5.28. The van der Waals surface area contributed by atoms with Crippen LogP contribution in [-0.4, -0.2) is 57.5 Å². The number of aliphatic hydroxyl groups excluding tert-OH is 2. The van der Waals surface area contributed by atoms with Crippen molar-refractivity contribution in [3.8, 4) is 0 Å². The number of allylic oxidation sites excluding steroid dienone is 1. The molecule has 0 aromatic rings. The van der Waals surface area contributed by atoms with Crippen LogP contribution in [0.4, 0.5) is 13.2 Å². The number of ketones is 1. The zero-order chi connectivity index (χ0) is 14.4. The maximum atomic E-state index is 13.7. The number of alkyl halides is 3. The predicted molar refractivity (Wildman–Crippen MR) is 52.4 cm³/mol. The van der Waals surface area contributed by atoms with Crippen LogP contribution in [0.25, 0.3) is 0 Å². The van der Waals surface area contributed by atoms with Gasteiger partial charge in [-0.1, -0.05) is 0 Å². The molecule has 0 aromatic carbocycles. The maximum absolute atomic E-state index is 13.7. The highest BCUT2D eigenvalue weighted by molar-refractivity contribution is 6.06. The van der Waals surface area contributed by atoms with Crippen molar-refractivity contribution >= 4 is 11.7 Å². The average molecular weight is 281 g/mol. The Balaban J connectivity index is 2.33. The van der Waals surface area contributed by atoms with Gasteiger partial charge in [0.1, 0.15) is 6.61 Å². The number of hydrogen-bond acceptors (Lipinski definition) is 5. The number of nitrogens with zero attached hydrogens (tertiary/aromatic N) is 1. The summed E-state index contributed by atoms with van der Waals surface area (Å²) in [5.41, 5.74) is 0. The van der Waals surface area contributed by atoms with Crippen LogP contribution in [0, 0.1) is 0 Å². The summed E-state index contributed by atoms with van der Waals surface area (Å²) in [7, 11) is 0. The van der Waals surface area contributed by atoms with Gasteiger partial charge in [0.2, 0.25) is 12.1 Å². The van der Waals surface area contributed by atoms with Gasteiger partial charge in [-0.3, -0.25) is 14.5 Å². The molecule has 0 saturated carbocycles. The largest absolute Gasteiger partial charge is 0.390 e. The van der Waals surface area contributed by atoms with Crippen LogP contribution in [0.3, 0.4) is 0 Å². The van der Waals surface area contributed by atoms with Crippen molar-refractivity contribution in [2.75, 3.05) is 6.61 Å². The molecule has 2 N–H and O–H groups in total. The molecule has 9 heteroatoms. The minimum atomic E-state index is -4.13. The first-order valence-corrected chi connectivity index (χ1v) is 5.28. The van der Waals surface area contributed by atoms with Crippen LogP contribution in [0.2, 0.25) is 0 Å². The van der Waals surface area contributed by atoms with Gasteiger partial charge in [-0.05, 0) is 6.08 Å². The third-order valence-corrected chi connectivity index (χ3v) is 2.91. The maximum Gasteiger partial charge on any atom is 0.323 e. The lowest BCUT2D eigenvalue weighted by atomic mass is 10.1. The molecule has 0 unspecified atom stereocenters. The molecule has 2 rings (SSSR count). The molecule has 2 heterocycles. The quantitative estimate of drug-likeness (QED) is 0.654. The summed E-state index contributed by atoms with van der Waals surface area (Å²) < 4.78 is 45.4. The lowest BCUT2D eigenvalue weighted by Gasteiger charge is -2.30. The highest BCUT2D eigenvalue weighted by Gasteiger charge is 2.69. The fraction of sp³-hybridized carbons (Fsp3) is 0.600. The van der Waals surface area contributed by atoms with Crippen LogP contribution in [-0.2, 0) is 14.3 Å². The van der Waals surface area contributed by atoms with Crippen molar-refractivity contribution < 1.29 is 37.7 Å². The number of amides is 1. The van der Waals surface area contributed by atoms with E-state index >= 15 is 0 Å². The van der Waals surface area contributed by atoms with Gasteiger partial charge in [-0.25, -0.2) is 4.39 Å². The summed E-state index contributed by atoms with van der Waals surface area (Å²) in [6.45, 7) is -1.50. The fourth-order valence-electron chi connectivity index (χ4n) is 1.87. The number of carbonyl (C=O) groups is 2. The van der Waals surface area contributed by atoms with Crippen LogP contribution in [0.1, 0.15) is 6.42 Å². The van der Waals surface area contributed by atoms with Crippen LogP contribution in [0.15, 0.2) is 12.3 Å². The minimum absolute atomic E-state index is 0.335. The van der Waals surface area contributed by atoms with E-state index in [1.54, 1.807) is 0 Å². The molecule has 3 atom stereocenters. The summed E-state index contributed by atoms with van der Waals surface area (Å²) in [6, 6.07) is 0. The summed E-state index contributed by atoms with van der Waals surface area (Å²) in [5.74, 6) is -9.09. The van der Waals surface area contributed by atoms with Gasteiger partial charge in [0, 0.05) is 6.20 Å². The monoisotopic (exact) mass is 281 g/mol. The highest BCUT2D eigenvalue weighted by atomic mass is 19.3. The molecule has 2 aliphatic heterocycles. The molecular formula is C10H10F3NO5. The molecule has 106 valence electrons. The average Bonchev–Trinajstić information content (AvgIpc) is 2.51. The van der Waals surface area contributed by atoms with E-state index in [-0.39, 0.29) is 0 Å². The summed E-state index contributed by atoms with van der Waals surface area (Å²) >= 11 is 0. The topological polar surface area (TPSA) is 87.1 Å². The van der Waals surface area contributed by atoms with Crippen LogP contribution < -0.4 is 0 Å². The summed E-state index contributed by atoms with van der Waals surface area (Å²) in [6.07, 6.45) is -4.39. The predicted octanol–water partition coefficient (Wildman–Crippen LogP) is -0.688. The SMILES string of the molecule is O=C1C=CN([C@@H]2O[C@](F)(CO)[C@@H](O)C2(F)F)C(=O)C1. The Morgan fingerprint density at radius 1 is 1.42 bits per heavy atom. The lowest BCUT2D eigenvalue weighted by Crippen LogP contribution is -2.51. The summed E-state index contributed by atoms with van der Waals surface area (Å²) in [5, 5.41) is 17.9. The van der Waals surface area contributed by atoms with E-state index in [1.807, 2.05) is 0 Å². The second kappa shape index (κ2) is 4.29. The van der Waals surface area contributed by atoms with Crippen LogP contribution >= 0.6 is 0 Å². The van der Waals surface area contributed by atoms with Crippen molar-refractivity contribution in [1.29, 1.82) is 0 Å². The van der Waals surface area contributed by atoms with E-state index in [1.165, 1.54) is 0 Å². The molecule has 1 saturated heterocycles. The second-order valence-corrected chi connectivity index (χ2v) is 4.25. The van der Waals surface area contributed by atoms with Gasteiger partial charge < -0.3 is 14.9 Å². The number of hydrogen-bond donors (Lipinski definition) is 2.